The molecule has 8 amide bonds. The van der Waals surface area contributed by atoms with E-state index < -0.39 is 164 Å². The number of aromatic hydroxyl groups is 1. The zero-order valence-corrected chi connectivity index (χ0v) is 39.9. The highest BCUT2D eigenvalue weighted by Crippen LogP contribution is 2.23. The molecule has 3 rings (SSSR count). The molecule has 1 saturated heterocycles. The van der Waals surface area contributed by atoms with E-state index in [1.165, 1.54) is 19.2 Å². The number of primary amides is 3. The van der Waals surface area contributed by atoms with E-state index in [2.05, 4.69) is 21.3 Å². The van der Waals surface area contributed by atoms with Crippen LogP contribution >= 0.6 is 0 Å². The molecule has 0 radical (unpaired) electrons. The third-order valence-corrected chi connectivity index (χ3v) is 12.2. The van der Waals surface area contributed by atoms with Crippen molar-refractivity contribution in [3.8, 4) is 5.75 Å². The first-order chi connectivity index (χ1) is 33.1. The number of ketones is 4. The van der Waals surface area contributed by atoms with Gasteiger partial charge in [-0.1, -0.05) is 62.7 Å². The maximum atomic E-state index is 14.2. The molecular weight excluding hydrogens is 909 g/mol. The summed E-state index contributed by atoms with van der Waals surface area (Å²) in [5, 5.41) is 19.9. The molecule has 70 heavy (non-hydrogen) atoms. The Morgan fingerprint density at radius 1 is 0.800 bits per heavy atom. The number of amides is 8. The van der Waals surface area contributed by atoms with Crippen molar-refractivity contribution in [2.45, 2.75) is 103 Å². The summed E-state index contributed by atoms with van der Waals surface area (Å²) < 4.78 is 0. The van der Waals surface area contributed by atoms with Crippen molar-refractivity contribution in [2.24, 2.45) is 46.8 Å². The number of Topliss-reactive ketones (excluding diaryl/α,β-unsaturated/α-hetero) is 4. The van der Waals surface area contributed by atoms with Gasteiger partial charge in [0.25, 0.3) is 0 Å². The van der Waals surface area contributed by atoms with Crippen LogP contribution in [0, 0.1) is 29.6 Å². The van der Waals surface area contributed by atoms with Gasteiger partial charge in [-0.2, -0.15) is 0 Å². The average Bonchev–Trinajstić information content (AvgIpc) is 3.30. The fraction of sp³-hybridized carbons (Fsp3) is 0.510. The number of hydrogen-bond donors (Lipinski definition) is 8. The SMILES string of the molecule is CC[C@H](C)[C@@H]1NC(=O)[C@H](Cc2ccc(O)cc2)CC(=O)CNC(=O)CC[C@@H](C(=O)N(C)CC(=O)C[C@@H](Cc2ccccc2)C(=O)NCC(N)=O)CC(=O)[C@H](CC(N)=O)NC(=O)[C@H](CCC(N)=O)CC1=O. The van der Waals surface area contributed by atoms with E-state index in [9.17, 15) is 62.6 Å². The second-order valence-corrected chi connectivity index (χ2v) is 18.0. The number of rotatable bonds is 19. The van der Waals surface area contributed by atoms with Crippen LogP contribution in [0.1, 0.15) is 89.2 Å². The van der Waals surface area contributed by atoms with Gasteiger partial charge in [0, 0.05) is 69.2 Å². The highest BCUT2D eigenvalue weighted by Gasteiger charge is 2.36. The predicted octanol–water partition coefficient (Wildman–Crippen LogP) is -0.394. The van der Waals surface area contributed by atoms with E-state index in [1.807, 2.05) is 0 Å². The monoisotopic (exact) mass is 974 g/mol. The standard InChI is InChI=1S/C49H66N8O13/c1-4-28(2)45-40(62)22-31(12-16-41(50)63)47(68)55-38(24-42(51)64)39(61)23-32(13-17-44(66)53-25-36(59)20-34(48(69)56-45)19-30-10-14-35(58)15-11-30)49(70)57(3)27-37(60)21-33(46(67)54-26-43(52)65)18-29-8-6-5-7-9-29/h5-11,14-15,28,31-34,38,45,58H,4,12-13,16-27H2,1-3H3,(H2,50,63)(H2,51,64)(H2,52,65)(H,53,66)(H,54,67)(H,55,68)(H,56,69)/t28-,31+,32+,33+,34+,38-,45-/m0/s1. The zero-order valence-electron chi connectivity index (χ0n) is 39.9. The summed E-state index contributed by atoms with van der Waals surface area (Å²) in [6.45, 7) is 1.88. The lowest BCUT2D eigenvalue weighted by Crippen LogP contribution is -2.50. The van der Waals surface area contributed by atoms with Crippen LogP contribution in [0.2, 0.25) is 0 Å². The highest BCUT2D eigenvalue weighted by molar-refractivity contribution is 5.99. The normalized spacial score (nSPS) is 20.9. The molecule has 0 saturated carbocycles. The third-order valence-electron chi connectivity index (χ3n) is 12.2. The van der Waals surface area contributed by atoms with Crippen molar-refractivity contribution in [2.75, 3.05) is 26.7 Å². The van der Waals surface area contributed by atoms with Crippen LogP contribution in [-0.2, 0) is 70.4 Å². The molecule has 11 N–H and O–H groups in total. The van der Waals surface area contributed by atoms with Crippen molar-refractivity contribution < 1.29 is 62.6 Å². The van der Waals surface area contributed by atoms with Crippen molar-refractivity contribution >= 4 is 70.4 Å². The number of phenols is 1. The van der Waals surface area contributed by atoms with Crippen LogP contribution in [-0.4, -0.2) is 119 Å². The smallest absolute Gasteiger partial charge is 0.236 e. The van der Waals surface area contributed by atoms with Crippen molar-refractivity contribution in [3.05, 3.63) is 65.7 Å². The number of nitrogens with one attached hydrogen (secondary N) is 4. The summed E-state index contributed by atoms with van der Waals surface area (Å²) in [4.78, 5) is 161. The maximum absolute atomic E-state index is 14.2. The first-order valence-electron chi connectivity index (χ1n) is 23.2. The molecule has 0 aliphatic carbocycles. The summed E-state index contributed by atoms with van der Waals surface area (Å²) in [5.74, 6) is -14.4. The fourth-order valence-corrected chi connectivity index (χ4v) is 8.07. The quantitative estimate of drug-likeness (QED) is 0.0890. The second kappa shape index (κ2) is 28.2. The Balaban J connectivity index is 2.01. The number of likely N-dealkylation sites (N-methyl/N-ethyl adjacent to an activating group) is 1. The molecule has 0 spiro atoms. The molecule has 1 aliphatic rings. The zero-order chi connectivity index (χ0) is 52.1. The number of carbonyl (C=O) groups excluding carboxylic acids is 12. The Kier molecular flexibility index (Phi) is 23.0. The van der Waals surface area contributed by atoms with Crippen LogP contribution in [0.25, 0.3) is 0 Å². The number of nitrogens with two attached hydrogens (primary N) is 3. The summed E-state index contributed by atoms with van der Waals surface area (Å²) in [7, 11) is 1.26. The highest BCUT2D eigenvalue weighted by atomic mass is 16.3. The minimum absolute atomic E-state index is 0.0118. The van der Waals surface area contributed by atoms with E-state index in [0.717, 1.165) is 4.90 Å². The van der Waals surface area contributed by atoms with Crippen LogP contribution in [0.3, 0.4) is 0 Å². The number of carbonyl (C=O) groups is 12. The summed E-state index contributed by atoms with van der Waals surface area (Å²) in [6.07, 6.45) is -3.74. The van der Waals surface area contributed by atoms with Crippen molar-refractivity contribution in [3.63, 3.8) is 0 Å². The van der Waals surface area contributed by atoms with Gasteiger partial charge in [0.2, 0.25) is 47.3 Å². The van der Waals surface area contributed by atoms with E-state index in [1.54, 1.807) is 56.3 Å². The van der Waals surface area contributed by atoms with E-state index in [0.29, 0.717) is 17.5 Å². The first kappa shape index (κ1) is 57.0. The van der Waals surface area contributed by atoms with E-state index in [4.69, 9.17) is 17.2 Å². The molecule has 0 aromatic heterocycles. The summed E-state index contributed by atoms with van der Waals surface area (Å²) in [6, 6.07) is 11.8. The lowest BCUT2D eigenvalue weighted by atomic mass is 9.86. The van der Waals surface area contributed by atoms with Crippen molar-refractivity contribution in [1.29, 1.82) is 0 Å². The number of phenolic OH excluding ortho intramolecular Hbond substituents is 1. The molecule has 380 valence electrons. The van der Waals surface area contributed by atoms with Gasteiger partial charge < -0.3 is 48.5 Å². The Morgan fingerprint density at radius 3 is 2.07 bits per heavy atom. The Bertz CT molecular complexity index is 2240. The van der Waals surface area contributed by atoms with Crippen LogP contribution < -0.4 is 38.5 Å². The Hall–Kier alpha value is -7.32. The molecule has 21 nitrogen and oxygen atoms in total. The van der Waals surface area contributed by atoms with Gasteiger partial charge in [0.15, 0.2) is 23.1 Å². The van der Waals surface area contributed by atoms with E-state index >= 15 is 0 Å². The fourth-order valence-electron chi connectivity index (χ4n) is 8.07. The Morgan fingerprint density at radius 2 is 1.46 bits per heavy atom. The van der Waals surface area contributed by atoms with Crippen molar-refractivity contribution in [1.82, 2.24) is 26.2 Å². The van der Waals surface area contributed by atoms with Gasteiger partial charge >= 0.3 is 0 Å². The largest absolute Gasteiger partial charge is 0.508 e. The molecule has 1 aliphatic heterocycles. The second-order valence-electron chi connectivity index (χ2n) is 18.0. The van der Waals surface area contributed by atoms with Crippen LogP contribution in [0.15, 0.2) is 54.6 Å². The van der Waals surface area contributed by atoms with Crippen LogP contribution in [0.5, 0.6) is 5.75 Å². The van der Waals surface area contributed by atoms with Crippen LogP contribution in [0.4, 0.5) is 0 Å². The van der Waals surface area contributed by atoms with Gasteiger partial charge in [-0.25, -0.2) is 0 Å². The van der Waals surface area contributed by atoms with E-state index in [-0.39, 0.29) is 44.3 Å². The number of hydrogen-bond acceptors (Lipinski definition) is 13. The Labute approximate surface area is 406 Å². The molecule has 7 atom stereocenters. The molecule has 2 aromatic carbocycles. The molecule has 0 unspecified atom stereocenters. The van der Waals surface area contributed by atoms with Gasteiger partial charge in [-0.15, -0.1) is 0 Å². The predicted molar refractivity (Wildman–Crippen MR) is 252 cm³/mol. The molecule has 21 heteroatoms. The van der Waals surface area contributed by atoms with Gasteiger partial charge in [-0.3, -0.25) is 57.5 Å². The lowest BCUT2D eigenvalue weighted by Gasteiger charge is -2.28. The first-order valence-corrected chi connectivity index (χ1v) is 23.2. The minimum Gasteiger partial charge on any atom is -0.508 e. The minimum atomic E-state index is -1.67. The molecular formula is C49H66N8O13. The summed E-state index contributed by atoms with van der Waals surface area (Å²) >= 11 is 0. The van der Waals surface area contributed by atoms with Gasteiger partial charge in [-0.05, 0) is 54.9 Å². The average molecular weight is 975 g/mol. The number of benzene rings is 2. The molecule has 0 bridgehead atoms. The molecule has 1 heterocycles. The van der Waals surface area contributed by atoms with Gasteiger partial charge in [0.1, 0.15) is 5.75 Å². The molecule has 2 aromatic rings. The lowest BCUT2D eigenvalue weighted by molar-refractivity contribution is -0.141. The topological polar surface area (TPSA) is 354 Å². The van der Waals surface area contributed by atoms with Gasteiger partial charge in [0.05, 0.1) is 38.1 Å². The molecule has 1 fully saturated rings. The maximum Gasteiger partial charge on any atom is 0.236 e. The number of nitrogens with zero attached hydrogens (tertiary/aromatic N) is 1. The summed E-state index contributed by atoms with van der Waals surface area (Å²) in [5.41, 5.74) is 17.4. The third kappa shape index (κ3) is 19.7.